The Labute approximate surface area is 129 Å². The second-order valence-electron chi connectivity index (χ2n) is 4.54. The zero-order valence-electron chi connectivity index (χ0n) is 12.5. The summed E-state index contributed by atoms with van der Waals surface area (Å²) in [5, 5.41) is 2.93. The van der Waals surface area contributed by atoms with E-state index in [0.29, 0.717) is 11.6 Å². The van der Waals surface area contributed by atoms with Crippen molar-refractivity contribution in [2.75, 3.05) is 5.94 Å². The first kappa shape index (κ1) is 17.2. The van der Waals surface area contributed by atoms with E-state index >= 15 is 0 Å². The average molecular weight is 308 g/mol. The number of carbonyl (C=O) groups excluding carboxylic acids is 2. The third-order valence-electron chi connectivity index (χ3n) is 2.65. The summed E-state index contributed by atoms with van der Waals surface area (Å²) in [6.07, 6.45) is 1.41. The lowest BCUT2D eigenvalue weighted by Crippen LogP contribution is -2.20. The van der Waals surface area contributed by atoms with Crippen molar-refractivity contribution in [2.45, 2.75) is 27.2 Å². The molecule has 0 saturated heterocycles. The number of ether oxygens (including phenoxy) is 1. The Hall–Kier alpha value is -1.82. The molecule has 0 unspecified atom stereocenters. The van der Waals surface area contributed by atoms with Crippen LogP contribution < -0.4 is 5.32 Å². The molecule has 1 aromatic rings. The van der Waals surface area contributed by atoms with E-state index < -0.39 is 0 Å². The topological polar surface area (TPSA) is 67.8 Å². The number of hydrogen-bond donors (Lipinski definition) is 1. The van der Waals surface area contributed by atoms with Crippen molar-refractivity contribution in [1.29, 1.82) is 0 Å². The fraction of sp³-hybridized carbons (Fsp3) is 0.400. The molecule has 0 saturated carbocycles. The minimum Gasteiger partial charge on any atom is -0.454 e. The van der Waals surface area contributed by atoms with Gasteiger partial charge in [-0.2, -0.15) is 0 Å². The van der Waals surface area contributed by atoms with Gasteiger partial charge in [0.1, 0.15) is 5.94 Å². The predicted molar refractivity (Wildman–Crippen MR) is 85.5 cm³/mol. The molecule has 0 radical (unpaired) electrons. The lowest BCUT2D eigenvalue weighted by Gasteiger charge is -2.09. The van der Waals surface area contributed by atoms with E-state index in [2.05, 4.69) is 10.3 Å². The quantitative estimate of drug-likeness (QED) is 0.288. The van der Waals surface area contributed by atoms with Crippen LogP contribution in [0.15, 0.2) is 29.3 Å². The zero-order valence-corrected chi connectivity index (χ0v) is 13.3. The highest BCUT2D eigenvalue weighted by atomic mass is 32.2. The lowest BCUT2D eigenvalue weighted by molar-refractivity contribution is -0.144. The molecule has 0 aliphatic heterocycles. The van der Waals surface area contributed by atoms with Crippen molar-refractivity contribution < 1.29 is 14.3 Å². The van der Waals surface area contributed by atoms with Gasteiger partial charge in [0.15, 0.2) is 5.17 Å². The van der Waals surface area contributed by atoms with Crippen molar-refractivity contribution in [1.82, 2.24) is 5.32 Å². The molecule has 1 N–H and O–H groups in total. The Bertz CT molecular complexity index is 515. The van der Waals surface area contributed by atoms with Crippen LogP contribution in [0.3, 0.4) is 0 Å². The van der Waals surface area contributed by atoms with Crippen LogP contribution in [0.2, 0.25) is 0 Å². The largest absolute Gasteiger partial charge is 0.454 e. The molecule has 0 fully saturated rings. The molecule has 0 heterocycles. The molecule has 1 amide bonds. The van der Waals surface area contributed by atoms with E-state index in [1.165, 1.54) is 11.8 Å². The van der Waals surface area contributed by atoms with E-state index in [9.17, 15) is 9.59 Å². The summed E-state index contributed by atoms with van der Waals surface area (Å²) in [7, 11) is 0. The van der Waals surface area contributed by atoms with Gasteiger partial charge in [0, 0.05) is 0 Å². The fourth-order valence-corrected chi connectivity index (χ4v) is 2.08. The minimum atomic E-state index is -0.276. The lowest BCUT2D eigenvalue weighted by atomic mass is 10.1. The molecule has 0 bridgehead atoms. The number of nitrogens with zero attached hydrogens (tertiary/aromatic N) is 1. The number of benzene rings is 1. The van der Waals surface area contributed by atoms with Crippen LogP contribution in [0.5, 0.6) is 0 Å². The number of aryl methyl sites for hydroxylation is 1. The highest BCUT2D eigenvalue weighted by molar-refractivity contribution is 8.13. The normalized spacial score (nSPS) is 11.3. The summed E-state index contributed by atoms with van der Waals surface area (Å²) < 4.78 is 5.06. The third kappa shape index (κ3) is 5.99. The highest BCUT2D eigenvalue weighted by Crippen LogP contribution is 2.21. The standard InChI is InChI=1S/C15H20N2O3S/c1-4-12-7-5-6-8-13(12)17-15(16-9-18)21-10-20-14(19)11(2)3/h5-9,11H,4,10H2,1-3H3,(H,16,17,18). The van der Waals surface area contributed by atoms with Gasteiger partial charge >= 0.3 is 5.97 Å². The van der Waals surface area contributed by atoms with Gasteiger partial charge in [0.2, 0.25) is 6.41 Å². The Morgan fingerprint density at radius 1 is 1.43 bits per heavy atom. The number of para-hydroxylation sites is 1. The molecule has 0 aromatic heterocycles. The van der Waals surface area contributed by atoms with Gasteiger partial charge in [-0.1, -0.05) is 39.0 Å². The number of carbonyl (C=O) groups is 2. The summed E-state index contributed by atoms with van der Waals surface area (Å²) in [4.78, 5) is 26.4. The van der Waals surface area contributed by atoms with E-state index in [1.54, 1.807) is 13.8 Å². The number of thioether (sulfide) groups is 1. The fourth-order valence-electron chi connectivity index (χ4n) is 1.49. The van der Waals surface area contributed by atoms with Crippen LogP contribution in [-0.2, 0) is 20.7 Å². The van der Waals surface area contributed by atoms with Crippen LogP contribution in [0, 0.1) is 5.92 Å². The molecule has 5 nitrogen and oxygen atoms in total. The van der Waals surface area contributed by atoms with Crippen molar-refractivity contribution in [2.24, 2.45) is 10.9 Å². The van der Waals surface area contributed by atoms with Crippen molar-refractivity contribution in [3.63, 3.8) is 0 Å². The predicted octanol–water partition coefficient (Wildman–Crippen LogP) is 2.87. The second-order valence-corrected chi connectivity index (χ2v) is 5.45. The maximum absolute atomic E-state index is 11.4. The van der Waals surface area contributed by atoms with Crippen LogP contribution in [0.25, 0.3) is 0 Å². The molecule has 0 aliphatic carbocycles. The van der Waals surface area contributed by atoms with Crippen molar-refractivity contribution >= 4 is 35.0 Å². The summed E-state index contributed by atoms with van der Waals surface area (Å²) >= 11 is 1.17. The molecular weight excluding hydrogens is 288 g/mol. The van der Waals surface area contributed by atoms with Gasteiger partial charge in [-0.3, -0.25) is 9.59 Å². The maximum atomic E-state index is 11.4. The van der Waals surface area contributed by atoms with Crippen LogP contribution in [-0.4, -0.2) is 23.5 Å². The number of aliphatic imine (C=N–C) groups is 1. The first-order valence-electron chi connectivity index (χ1n) is 6.74. The van der Waals surface area contributed by atoms with Gasteiger partial charge in [0.05, 0.1) is 11.6 Å². The van der Waals surface area contributed by atoms with E-state index in [-0.39, 0.29) is 17.8 Å². The van der Waals surface area contributed by atoms with Crippen LogP contribution in [0.4, 0.5) is 5.69 Å². The second kappa shape index (κ2) is 9.18. The molecule has 1 rings (SSSR count). The summed E-state index contributed by atoms with van der Waals surface area (Å²) in [6.45, 7) is 5.57. The number of hydrogen-bond acceptors (Lipinski definition) is 5. The monoisotopic (exact) mass is 308 g/mol. The first-order valence-corrected chi connectivity index (χ1v) is 7.73. The average Bonchev–Trinajstić information content (AvgIpc) is 2.47. The van der Waals surface area contributed by atoms with E-state index in [0.717, 1.165) is 17.7 Å². The van der Waals surface area contributed by atoms with E-state index in [4.69, 9.17) is 4.74 Å². The molecular formula is C15H20N2O3S. The minimum absolute atomic E-state index is 0.116. The summed E-state index contributed by atoms with van der Waals surface area (Å²) in [5.74, 6) is -0.335. The smallest absolute Gasteiger partial charge is 0.309 e. The van der Waals surface area contributed by atoms with Crippen LogP contribution >= 0.6 is 11.8 Å². The number of amidine groups is 1. The first-order chi connectivity index (χ1) is 10.1. The van der Waals surface area contributed by atoms with Gasteiger partial charge in [-0.05, 0) is 29.8 Å². The Kier molecular flexibility index (Phi) is 7.53. The molecule has 1 aromatic carbocycles. The number of rotatable bonds is 6. The van der Waals surface area contributed by atoms with E-state index in [1.807, 2.05) is 31.2 Å². The molecule has 0 atom stereocenters. The Morgan fingerprint density at radius 3 is 2.76 bits per heavy atom. The molecule has 0 spiro atoms. The molecule has 21 heavy (non-hydrogen) atoms. The van der Waals surface area contributed by atoms with Gasteiger partial charge in [0.25, 0.3) is 0 Å². The highest BCUT2D eigenvalue weighted by Gasteiger charge is 2.09. The molecule has 6 heteroatoms. The van der Waals surface area contributed by atoms with Gasteiger partial charge in [-0.25, -0.2) is 4.99 Å². The Balaban J connectivity index is 2.74. The SMILES string of the molecule is CCc1ccccc1N=C(NC=O)SCOC(=O)C(C)C. The van der Waals surface area contributed by atoms with Crippen molar-refractivity contribution in [3.8, 4) is 0 Å². The van der Waals surface area contributed by atoms with Gasteiger partial charge < -0.3 is 10.1 Å². The zero-order chi connectivity index (χ0) is 15.7. The molecule has 114 valence electrons. The summed E-state index contributed by atoms with van der Waals surface area (Å²) in [6, 6.07) is 7.70. The number of nitrogens with one attached hydrogen (secondary N) is 1. The number of esters is 1. The van der Waals surface area contributed by atoms with Gasteiger partial charge in [-0.15, -0.1) is 0 Å². The van der Waals surface area contributed by atoms with Crippen molar-refractivity contribution in [3.05, 3.63) is 29.8 Å². The third-order valence-corrected chi connectivity index (χ3v) is 3.36. The summed E-state index contributed by atoms with van der Waals surface area (Å²) in [5.41, 5.74) is 1.88. The molecule has 0 aliphatic rings. The Morgan fingerprint density at radius 2 is 2.14 bits per heavy atom. The maximum Gasteiger partial charge on any atom is 0.309 e. The number of amides is 1. The van der Waals surface area contributed by atoms with Crippen LogP contribution in [0.1, 0.15) is 26.3 Å².